The molecule has 1 fully saturated rings. The molecule has 1 aliphatic heterocycles. The molecule has 0 aromatic carbocycles. The topological polar surface area (TPSA) is 87.9 Å². The van der Waals surface area contributed by atoms with Crippen molar-refractivity contribution in [3.63, 3.8) is 0 Å². The lowest BCUT2D eigenvalue weighted by atomic mass is 10.1. The van der Waals surface area contributed by atoms with Gasteiger partial charge in [-0.15, -0.1) is 0 Å². The molecule has 0 radical (unpaired) electrons. The molecule has 1 aliphatic rings. The lowest BCUT2D eigenvalue weighted by Gasteiger charge is -2.20. The number of hydrogen-bond acceptors (Lipinski definition) is 4. The van der Waals surface area contributed by atoms with E-state index in [0.29, 0.717) is 19.0 Å². The summed E-state index contributed by atoms with van der Waals surface area (Å²) in [5.74, 6) is 1.43. The first-order valence-electron chi connectivity index (χ1n) is 8.89. The van der Waals surface area contributed by atoms with Crippen molar-refractivity contribution in [3.8, 4) is 0 Å². The van der Waals surface area contributed by atoms with Crippen LogP contribution in [-0.4, -0.2) is 49.8 Å². The molecule has 1 atom stereocenters. The van der Waals surface area contributed by atoms with Crippen molar-refractivity contribution >= 4 is 11.9 Å². The van der Waals surface area contributed by atoms with Crippen LogP contribution in [0.3, 0.4) is 0 Å². The summed E-state index contributed by atoms with van der Waals surface area (Å²) in [7, 11) is 0. The number of furan rings is 1. The number of carbonyl (C=O) groups excluding carboxylic acids is 1. The number of hydrogen-bond donors (Lipinski definition) is 3. The summed E-state index contributed by atoms with van der Waals surface area (Å²) in [4.78, 5) is 16.4. The van der Waals surface area contributed by atoms with Crippen LogP contribution in [0.1, 0.15) is 39.4 Å². The molecule has 25 heavy (non-hydrogen) atoms. The van der Waals surface area contributed by atoms with Crippen molar-refractivity contribution in [1.82, 2.24) is 16.0 Å². The summed E-state index contributed by atoms with van der Waals surface area (Å²) in [5, 5.41) is 9.42. The van der Waals surface area contributed by atoms with Crippen molar-refractivity contribution in [2.75, 3.05) is 26.2 Å². The van der Waals surface area contributed by atoms with Crippen molar-refractivity contribution in [1.29, 1.82) is 0 Å². The molecule has 7 nitrogen and oxygen atoms in total. The monoisotopic (exact) mass is 350 g/mol. The van der Waals surface area contributed by atoms with E-state index in [0.717, 1.165) is 31.6 Å². The van der Waals surface area contributed by atoms with Gasteiger partial charge < -0.3 is 25.1 Å². The van der Waals surface area contributed by atoms with Gasteiger partial charge in [-0.2, -0.15) is 0 Å². The van der Waals surface area contributed by atoms with Crippen molar-refractivity contribution in [2.24, 2.45) is 4.99 Å². The van der Waals surface area contributed by atoms with Crippen LogP contribution in [0.15, 0.2) is 27.8 Å². The third-order valence-corrected chi connectivity index (χ3v) is 3.66. The molecule has 1 aromatic rings. The highest BCUT2D eigenvalue weighted by atomic mass is 16.5. The van der Waals surface area contributed by atoms with E-state index in [9.17, 15) is 4.79 Å². The molecule has 1 unspecified atom stereocenters. The van der Waals surface area contributed by atoms with E-state index in [-0.39, 0.29) is 24.1 Å². The molecular weight excluding hydrogens is 320 g/mol. The maximum atomic E-state index is 12.0. The lowest BCUT2D eigenvalue weighted by molar-refractivity contribution is -0.121. The van der Waals surface area contributed by atoms with E-state index in [1.54, 1.807) is 6.26 Å². The van der Waals surface area contributed by atoms with Crippen molar-refractivity contribution in [2.45, 2.75) is 51.7 Å². The fourth-order valence-electron chi connectivity index (χ4n) is 2.56. The minimum atomic E-state index is -0.259. The SMILES string of the molecule is CC(C)(C)NC(=O)CN=C(NCCc1ccco1)NCC1CCCO1. The zero-order valence-electron chi connectivity index (χ0n) is 15.4. The molecule has 0 aliphatic carbocycles. The fraction of sp³-hybridized carbons (Fsp3) is 0.667. The number of amides is 1. The second kappa shape index (κ2) is 9.46. The number of aliphatic imine (C=N–C) groups is 1. The Morgan fingerprint density at radius 3 is 2.84 bits per heavy atom. The molecule has 2 rings (SSSR count). The first kappa shape index (κ1) is 19.3. The van der Waals surface area contributed by atoms with Gasteiger partial charge in [0.1, 0.15) is 12.3 Å². The van der Waals surface area contributed by atoms with Crippen LogP contribution in [0.25, 0.3) is 0 Å². The Morgan fingerprint density at radius 2 is 2.20 bits per heavy atom. The number of rotatable bonds is 7. The van der Waals surface area contributed by atoms with Gasteiger partial charge in [0.25, 0.3) is 0 Å². The Balaban J connectivity index is 1.82. The molecule has 7 heteroatoms. The maximum absolute atomic E-state index is 12.0. The number of carbonyl (C=O) groups is 1. The quantitative estimate of drug-likeness (QED) is 0.512. The van der Waals surface area contributed by atoms with Crippen LogP contribution in [0.2, 0.25) is 0 Å². The highest BCUT2D eigenvalue weighted by molar-refractivity contribution is 5.85. The van der Waals surface area contributed by atoms with Crippen LogP contribution in [-0.2, 0) is 16.0 Å². The van der Waals surface area contributed by atoms with Crippen LogP contribution in [0.5, 0.6) is 0 Å². The minimum absolute atomic E-state index is 0.0822. The van der Waals surface area contributed by atoms with E-state index in [1.165, 1.54) is 0 Å². The fourth-order valence-corrected chi connectivity index (χ4v) is 2.56. The Morgan fingerprint density at radius 1 is 1.36 bits per heavy atom. The zero-order valence-corrected chi connectivity index (χ0v) is 15.4. The summed E-state index contributed by atoms with van der Waals surface area (Å²) in [6.07, 6.45) is 4.77. The Bertz CT molecular complexity index is 543. The van der Waals surface area contributed by atoms with Crippen LogP contribution in [0, 0.1) is 0 Å². The van der Waals surface area contributed by atoms with Gasteiger partial charge >= 0.3 is 0 Å². The molecule has 0 saturated carbocycles. The number of nitrogens with zero attached hydrogens (tertiary/aromatic N) is 1. The molecule has 1 amide bonds. The van der Waals surface area contributed by atoms with Crippen molar-refractivity contribution < 1.29 is 13.9 Å². The van der Waals surface area contributed by atoms with Gasteiger partial charge in [-0.1, -0.05) is 0 Å². The zero-order chi connectivity index (χ0) is 18.1. The lowest BCUT2D eigenvalue weighted by Crippen LogP contribution is -2.44. The Labute approximate surface area is 149 Å². The molecule has 1 saturated heterocycles. The number of ether oxygens (including phenoxy) is 1. The number of guanidine groups is 1. The molecule has 2 heterocycles. The Hall–Kier alpha value is -2.02. The third kappa shape index (κ3) is 8.07. The van der Waals surface area contributed by atoms with Gasteiger partial charge in [-0.25, -0.2) is 4.99 Å². The van der Waals surface area contributed by atoms with Gasteiger partial charge in [-0.3, -0.25) is 4.79 Å². The van der Waals surface area contributed by atoms with Crippen LogP contribution < -0.4 is 16.0 Å². The average molecular weight is 350 g/mol. The molecule has 3 N–H and O–H groups in total. The summed E-state index contributed by atoms with van der Waals surface area (Å²) in [5.41, 5.74) is -0.259. The third-order valence-electron chi connectivity index (χ3n) is 3.66. The van der Waals surface area contributed by atoms with E-state index in [2.05, 4.69) is 20.9 Å². The minimum Gasteiger partial charge on any atom is -0.469 e. The van der Waals surface area contributed by atoms with E-state index in [1.807, 2.05) is 32.9 Å². The van der Waals surface area contributed by atoms with Gasteiger partial charge in [0, 0.05) is 31.7 Å². The van der Waals surface area contributed by atoms with Crippen molar-refractivity contribution in [3.05, 3.63) is 24.2 Å². The van der Waals surface area contributed by atoms with Gasteiger partial charge in [0.05, 0.1) is 12.4 Å². The predicted molar refractivity (Wildman–Crippen MR) is 97.6 cm³/mol. The summed E-state index contributed by atoms with van der Waals surface area (Å²) in [6, 6.07) is 3.81. The molecule has 1 aromatic heterocycles. The molecule has 140 valence electrons. The molecule has 0 spiro atoms. The summed E-state index contributed by atoms with van der Waals surface area (Å²) >= 11 is 0. The standard InChI is InChI=1S/C18H30N4O3/c1-18(2,3)22-16(23)13-21-17(20-12-15-7-5-11-25-15)19-9-8-14-6-4-10-24-14/h4,6,10,15H,5,7-9,11-13H2,1-3H3,(H,22,23)(H2,19,20,21). The highest BCUT2D eigenvalue weighted by Crippen LogP contribution is 2.10. The highest BCUT2D eigenvalue weighted by Gasteiger charge is 2.16. The summed E-state index contributed by atoms with van der Waals surface area (Å²) in [6.45, 7) is 8.11. The van der Waals surface area contributed by atoms with E-state index >= 15 is 0 Å². The normalized spacial score (nSPS) is 18.2. The first-order chi connectivity index (χ1) is 11.9. The predicted octanol–water partition coefficient (Wildman–Crippen LogP) is 1.45. The second-order valence-corrected chi connectivity index (χ2v) is 7.24. The van der Waals surface area contributed by atoms with Gasteiger partial charge in [0.15, 0.2) is 5.96 Å². The smallest absolute Gasteiger partial charge is 0.242 e. The van der Waals surface area contributed by atoms with Crippen LogP contribution >= 0.6 is 0 Å². The van der Waals surface area contributed by atoms with Gasteiger partial charge in [-0.05, 0) is 45.7 Å². The first-order valence-corrected chi connectivity index (χ1v) is 8.89. The van der Waals surface area contributed by atoms with E-state index < -0.39 is 0 Å². The second-order valence-electron chi connectivity index (χ2n) is 7.24. The average Bonchev–Trinajstić information content (AvgIpc) is 3.21. The van der Waals surface area contributed by atoms with Gasteiger partial charge in [0.2, 0.25) is 5.91 Å². The van der Waals surface area contributed by atoms with E-state index in [4.69, 9.17) is 9.15 Å². The number of nitrogens with one attached hydrogen (secondary N) is 3. The summed E-state index contributed by atoms with van der Waals surface area (Å²) < 4.78 is 10.9. The maximum Gasteiger partial charge on any atom is 0.242 e. The molecular formula is C18H30N4O3. The molecule has 0 bridgehead atoms. The van der Waals surface area contributed by atoms with Crippen LogP contribution in [0.4, 0.5) is 0 Å². The Kier molecular flexibility index (Phi) is 7.31. The largest absolute Gasteiger partial charge is 0.469 e.